The Kier molecular flexibility index (Phi) is 4.25. The van der Waals surface area contributed by atoms with Gasteiger partial charge in [0, 0.05) is 29.2 Å². The quantitative estimate of drug-likeness (QED) is 0.869. The Labute approximate surface area is 140 Å². The molecule has 4 heteroatoms. The Bertz CT molecular complexity index is 582. The lowest BCUT2D eigenvalue weighted by Crippen LogP contribution is -2.29. The third kappa shape index (κ3) is 3.39. The second-order valence-corrected chi connectivity index (χ2v) is 7.70. The summed E-state index contributed by atoms with van der Waals surface area (Å²) in [5.41, 5.74) is 2.51. The first-order valence-electron chi connectivity index (χ1n) is 8.34. The molecule has 1 saturated carbocycles. The Morgan fingerprint density at radius 3 is 3.05 bits per heavy atom. The molecular formula is C18H23BrN2O. The normalized spacial score (nSPS) is 24.8. The van der Waals surface area contributed by atoms with Crippen molar-refractivity contribution in [3.05, 3.63) is 33.8 Å². The molecule has 1 aromatic rings. The highest BCUT2D eigenvalue weighted by molar-refractivity contribution is 9.10. The van der Waals surface area contributed by atoms with Crippen LogP contribution in [-0.4, -0.2) is 43.7 Å². The lowest BCUT2D eigenvalue weighted by atomic mass is 10.1. The maximum absolute atomic E-state index is 5.83. The molecule has 0 radical (unpaired) electrons. The van der Waals surface area contributed by atoms with Gasteiger partial charge in [0.1, 0.15) is 12.4 Å². The highest BCUT2D eigenvalue weighted by atomic mass is 79.9. The molecule has 1 unspecified atom stereocenters. The third-order valence-electron chi connectivity index (χ3n) is 4.91. The number of fused-ring (bicyclic) bond motifs is 1. The van der Waals surface area contributed by atoms with Crippen LogP contribution in [0.5, 0.6) is 5.75 Å². The summed E-state index contributed by atoms with van der Waals surface area (Å²) < 4.78 is 6.94. The number of benzene rings is 1. The van der Waals surface area contributed by atoms with E-state index in [-0.39, 0.29) is 0 Å². The number of hydrogen-bond acceptors (Lipinski definition) is 3. The van der Waals surface area contributed by atoms with Gasteiger partial charge in [0.2, 0.25) is 0 Å². The van der Waals surface area contributed by atoms with Crippen LogP contribution in [0.25, 0.3) is 6.08 Å². The predicted molar refractivity (Wildman–Crippen MR) is 93.2 cm³/mol. The first-order chi connectivity index (χ1) is 10.8. The third-order valence-corrected chi connectivity index (χ3v) is 5.40. The van der Waals surface area contributed by atoms with Crippen molar-refractivity contribution in [1.29, 1.82) is 0 Å². The van der Waals surface area contributed by atoms with Crippen LogP contribution in [0.4, 0.5) is 0 Å². The average Bonchev–Trinajstić information content (AvgIpc) is 3.27. The van der Waals surface area contributed by atoms with Crippen LogP contribution in [0.15, 0.2) is 28.2 Å². The minimum atomic E-state index is 0.709. The first-order valence-corrected chi connectivity index (χ1v) is 9.14. The van der Waals surface area contributed by atoms with Gasteiger partial charge in [0.25, 0.3) is 0 Å². The standard InChI is InChI=1S/C18H23BrN2O/c19-16-1-4-18-15(8-16)7-14(12-22-18)10-20-9-13-5-6-21(11-13)17-2-3-17/h1,4,7-8,13,17,20H,2-3,5-6,9-12H2. The number of halogens is 1. The SMILES string of the molecule is Brc1ccc2c(c1)C=C(CNCC1CCN(C3CC3)C1)CO2. The summed E-state index contributed by atoms with van der Waals surface area (Å²) in [4.78, 5) is 2.68. The minimum Gasteiger partial charge on any atom is -0.489 e. The van der Waals surface area contributed by atoms with Gasteiger partial charge in [-0.1, -0.05) is 15.9 Å². The van der Waals surface area contributed by atoms with Gasteiger partial charge in [-0.15, -0.1) is 0 Å². The van der Waals surface area contributed by atoms with Crippen LogP contribution in [0.2, 0.25) is 0 Å². The van der Waals surface area contributed by atoms with Crippen molar-refractivity contribution in [2.45, 2.75) is 25.3 Å². The van der Waals surface area contributed by atoms with Crippen LogP contribution in [0.1, 0.15) is 24.8 Å². The maximum Gasteiger partial charge on any atom is 0.127 e. The predicted octanol–water partition coefficient (Wildman–Crippen LogP) is 3.30. The van der Waals surface area contributed by atoms with Gasteiger partial charge in [0.15, 0.2) is 0 Å². The molecule has 1 atom stereocenters. The van der Waals surface area contributed by atoms with Crippen molar-refractivity contribution in [2.75, 3.05) is 32.8 Å². The molecule has 1 aromatic carbocycles. The molecule has 0 bridgehead atoms. The molecule has 2 heterocycles. The zero-order valence-corrected chi connectivity index (χ0v) is 14.4. The number of ether oxygens (including phenoxy) is 1. The Morgan fingerprint density at radius 1 is 1.27 bits per heavy atom. The van der Waals surface area contributed by atoms with Crippen LogP contribution in [0, 0.1) is 5.92 Å². The van der Waals surface area contributed by atoms with E-state index in [0.717, 1.165) is 35.3 Å². The van der Waals surface area contributed by atoms with Gasteiger partial charge in [-0.2, -0.15) is 0 Å². The second-order valence-electron chi connectivity index (χ2n) is 6.79. The smallest absolute Gasteiger partial charge is 0.127 e. The molecule has 3 aliphatic rings. The largest absolute Gasteiger partial charge is 0.489 e. The fourth-order valence-corrected chi connectivity index (χ4v) is 3.91. The second kappa shape index (κ2) is 6.34. The zero-order valence-electron chi connectivity index (χ0n) is 12.9. The van der Waals surface area contributed by atoms with E-state index in [9.17, 15) is 0 Å². The minimum absolute atomic E-state index is 0.709. The summed E-state index contributed by atoms with van der Waals surface area (Å²) in [7, 11) is 0. The van der Waals surface area contributed by atoms with Crippen molar-refractivity contribution in [2.24, 2.45) is 5.92 Å². The summed E-state index contributed by atoms with van der Waals surface area (Å²) in [5.74, 6) is 1.81. The molecule has 1 saturated heterocycles. The van der Waals surface area contributed by atoms with Gasteiger partial charge in [-0.25, -0.2) is 0 Å². The molecule has 4 rings (SSSR count). The fraction of sp³-hybridized carbons (Fsp3) is 0.556. The molecule has 0 aromatic heterocycles. The number of likely N-dealkylation sites (tertiary alicyclic amines) is 1. The molecular weight excluding hydrogens is 340 g/mol. The summed E-state index contributed by atoms with van der Waals surface area (Å²) in [6.45, 7) is 5.38. The van der Waals surface area contributed by atoms with E-state index in [1.54, 1.807) is 0 Å². The van der Waals surface area contributed by atoms with Gasteiger partial charge in [-0.05, 0) is 68.1 Å². The highest BCUT2D eigenvalue weighted by Gasteiger charge is 2.34. The molecule has 22 heavy (non-hydrogen) atoms. The number of nitrogens with one attached hydrogen (secondary N) is 1. The van der Waals surface area contributed by atoms with Crippen molar-refractivity contribution < 1.29 is 4.74 Å². The Hall–Kier alpha value is -0.840. The lowest BCUT2D eigenvalue weighted by molar-refractivity contribution is 0.311. The topological polar surface area (TPSA) is 24.5 Å². The summed E-state index contributed by atoms with van der Waals surface area (Å²) >= 11 is 3.52. The zero-order chi connectivity index (χ0) is 14.9. The number of hydrogen-bond donors (Lipinski definition) is 1. The fourth-order valence-electron chi connectivity index (χ4n) is 3.54. The Balaban J connectivity index is 1.27. The van der Waals surface area contributed by atoms with Crippen LogP contribution in [-0.2, 0) is 0 Å². The lowest BCUT2D eigenvalue weighted by Gasteiger charge is -2.19. The van der Waals surface area contributed by atoms with E-state index < -0.39 is 0 Å². The van der Waals surface area contributed by atoms with E-state index in [1.165, 1.54) is 43.5 Å². The molecule has 1 aliphatic carbocycles. The summed E-state index contributed by atoms with van der Waals surface area (Å²) in [6.07, 6.45) is 6.48. The first kappa shape index (κ1) is 14.7. The number of nitrogens with zero attached hydrogens (tertiary/aromatic N) is 1. The van der Waals surface area contributed by atoms with E-state index in [0.29, 0.717) is 6.61 Å². The maximum atomic E-state index is 5.83. The molecule has 0 amide bonds. The van der Waals surface area contributed by atoms with Crippen LogP contribution in [0.3, 0.4) is 0 Å². The van der Waals surface area contributed by atoms with Crippen LogP contribution < -0.4 is 10.1 Å². The van der Waals surface area contributed by atoms with E-state index in [1.807, 2.05) is 12.1 Å². The molecule has 3 nitrogen and oxygen atoms in total. The molecule has 0 spiro atoms. The van der Waals surface area contributed by atoms with Gasteiger partial charge in [0.05, 0.1) is 0 Å². The molecule has 2 fully saturated rings. The number of rotatable bonds is 5. The van der Waals surface area contributed by atoms with E-state index >= 15 is 0 Å². The highest BCUT2D eigenvalue weighted by Crippen LogP contribution is 2.31. The van der Waals surface area contributed by atoms with E-state index in [2.05, 4.69) is 38.3 Å². The summed E-state index contributed by atoms with van der Waals surface area (Å²) in [6, 6.07) is 7.11. The monoisotopic (exact) mass is 362 g/mol. The van der Waals surface area contributed by atoms with Gasteiger partial charge < -0.3 is 15.0 Å². The van der Waals surface area contributed by atoms with Crippen molar-refractivity contribution >= 4 is 22.0 Å². The summed E-state index contributed by atoms with van der Waals surface area (Å²) in [5, 5.41) is 3.64. The van der Waals surface area contributed by atoms with Crippen molar-refractivity contribution in [1.82, 2.24) is 10.2 Å². The van der Waals surface area contributed by atoms with Crippen molar-refractivity contribution in [3.8, 4) is 5.75 Å². The average molecular weight is 363 g/mol. The Morgan fingerprint density at radius 2 is 2.18 bits per heavy atom. The van der Waals surface area contributed by atoms with Gasteiger partial charge in [-0.3, -0.25) is 0 Å². The van der Waals surface area contributed by atoms with Crippen molar-refractivity contribution in [3.63, 3.8) is 0 Å². The van der Waals surface area contributed by atoms with Gasteiger partial charge >= 0.3 is 0 Å². The molecule has 1 N–H and O–H groups in total. The molecule has 2 aliphatic heterocycles. The van der Waals surface area contributed by atoms with Crippen LogP contribution >= 0.6 is 15.9 Å². The molecule has 118 valence electrons. The van der Waals surface area contributed by atoms with E-state index in [4.69, 9.17) is 4.74 Å².